The SMILES string of the molecule is CN=C(NCCc1nc(C(C)C)no1)NCc1ccccc1OC(F)(F)F. The lowest BCUT2D eigenvalue weighted by Crippen LogP contribution is -2.38. The smallest absolute Gasteiger partial charge is 0.405 e. The van der Waals surface area contributed by atoms with Crippen LogP contribution >= 0.6 is 0 Å². The minimum Gasteiger partial charge on any atom is -0.405 e. The Hall–Kier alpha value is -2.78. The van der Waals surface area contributed by atoms with Crippen LogP contribution in [0.2, 0.25) is 0 Å². The van der Waals surface area contributed by atoms with Crippen LogP contribution in [0.5, 0.6) is 5.75 Å². The number of benzene rings is 1. The summed E-state index contributed by atoms with van der Waals surface area (Å²) in [4.78, 5) is 8.31. The van der Waals surface area contributed by atoms with E-state index in [2.05, 4.69) is 30.5 Å². The summed E-state index contributed by atoms with van der Waals surface area (Å²) in [6, 6.07) is 5.93. The molecule has 0 aliphatic heterocycles. The molecule has 10 heteroatoms. The van der Waals surface area contributed by atoms with Gasteiger partial charge < -0.3 is 19.9 Å². The fraction of sp³-hybridized carbons (Fsp3) is 0.471. The Balaban J connectivity index is 1.85. The molecule has 0 fully saturated rings. The lowest BCUT2D eigenvalue weighted by molar-refractivity contribution is -0.274. The summed E-state index contributed by atoms with van der Waals surface area (Å²) in [5.41, 5.74) is 0.358. The second kappa shape index (κ2) is 9.24. The first kappa shape index (κ1) is 20.5. The van der Waals surface area contributed by atoms with Gasteiger partial charge in [0.15, 0.2) is 11.8 Å². The predicted molar refractivity (Wildman–Crippen MR) is 93.4 cm³/mol. The second-order valence-corrected chi connectivity index (χ2v) is 5.96. The summed E-state index contributed by atoms with van der Waals surface area (Å²) >= 11 is 0. The summed E-state index contributed by atoms with van der Waals surface area (Å²) in [7, 11) is 1.57. The molecule has 2 rings (SSSR count). The Labute approximate surface area is 155 Å². The standard InChI is InChI=1S/C17H22F3N5O2/c1-11(2)15-24-14(27-25-15)8-9-22-16(21-3)23-10-12-6-4-5-7-13(12)26-17(18,19)20/h4-7,11H,8-10H2,1-3H3,(H2,21,22,23). The summed E-state index contributed by atoms with van der Waals surface area (Å²) < 4.78 is 46.6. The van der Waals surface area contributed by atoms with Crippen molar-refractivity contribution in [2.75, 3.05) is 13.6 Å². The molecule has 0 aliphatic rings. The van der Waals surface area contributed by atoms with Crippen LogP contribution in [0.4, 0.5) is 13.2 Å². The third kappa shape index (κ3) is 6.80. The summed E-state index contributed by atoms with van der Waals surface area (Å²) in [6.07, 6.45) is -4.25. The van der Waals surface area contributed by atoms with Crippen LogP contribution in [0, 0.1) is 0 Å². The molecular formula is C17H22F3N5O2. The van der Waals surface area contributed by atoms with Crippen LogP contribution in [0.3, 0.4) is 0 Å². The highest BCUT2D eigenvalue weighted by molar-refractivity contribution is 5.79. The fourth-order valence-electron chi connectivity index (χ4n) is 2.17. The number of nitrogens with zero attached hydrogens (tertiary/aromatic N) is 3. The van der Waals surface area contributed by atoms with Crippen LogP contribution in [-0.2, 0) is 13.0 Å². The molecule has 148 valence electrons. The number of rotatable bonds is 7. The molecule has 0 spiro atoms. The van der Waals surface area contributed by atoms with Crippen molar-refractivity contribution in [1.82, 2.24) is 20.8 Å². The first-order valence-corrected chi connectivity index (χ1v) is 8.39. The number of para-hydroxylation sites is 1. The number of hydrogen-bond acceptors (Lipinski definition) is 5. The topological polar surface area (TPSA) is 84.6 Å². The van der Waals surface area contributed by atoms with E-state index in [1.807, 2.05) is 13.8 Å². The van der Waals surface area contributed by atoms with Crippen molar-refractivity contribution >= 4 is 5.96 Å². The van der Waals surface area contributed by atoms with Gasteiger partial charge in [-0.25, -0.2) is 0 Å². The van der Waals surface area contributed by atoms with E-state index in [1.165, 1.54) is 12.1 Å². The lowest BCUT2D eigenvalue weighted by Gasteiger charge is -2.15. The molecule has 7 nitrogen and oxygen atoms in total. The van der Waals surface area contributed by atoms with Crippen molar-refractivity contribution in [3.8, 4) is 5.75 Å². The molecule has 1 heterocycles. The molecular weight excluding hydrogens is 363 g/mol. The molecule has 27 heavy (non-hydrogen) atoms. The predicted octanol–water partition coefficient (Wildman–Crippen LogP) is 3.00. The van der Waals surface area contributed by atoms with Gasteiger partial charge in [0, 0.05) is 38.0 Å². The van der Waals surface area contributed by atoms with E-state index in [0.29, 0.717) is 36.2 Å². The van der Waals surface area contributed by atoms with Crippen molar-refractivity contribution in [1.29, 1.82) is 0 Å². The minimum atomic E-state index is -4.74. The average molecular weight is 385 g/mol. The first-order chi connectivity index (χ1) is 12.8. The quantitative estimate of drug-likeness (QED) is 0.563. The highest BCUT2D eigenvalue weighted by Crippen LogP contribution is 2.26. The Morgan fingerprint density at radius 3 is 2.63 bits per heavy atom. The zero-order valence-corrected chi connectivity index (χ0v) is 15.3. The van der Waals surface area contributed by atoms with Crippen LogP contribution < -0.4 is 15.4 Å². The molecule has 0 bridgehead atoms. The Morgan fingerprint density at radius 2 is 2.00 bits per heavy atom. The van der Waals surface area contributed by atoms with Crippen LogP contribution in [0.1, 0.15) is 37.0 Å². The number of aromatic nitrogens is 2. The zero-order valence-electron chi connectivity index (χ0n) is 15.3. The van der Waals surface area contributed by atoms with E-state index in [0.717, 1.165) is 0 Å². The Kier molecular flexibility index (Phi) is 7.03. The van der Waals surface area contributed by atoms with Gasteiger partial charge in [0.1, 0.15) is 5.75 Å². The maximum absolute atomic E-state index is 12.5. The van der Waals surface area contributed by atoms with Crippen LogP contribution in [0.15, 0.2) is 33.8 Å². The zero-order chi connectivity index (χ0) is 19.9. The van der Waals surface area contributed by atoms with Gasteiger partial charge in [-0.2, -0.15) is 4.98 Å². The van der Waals surface area contributed by atoms with E-state index < -0.39 is 6.36 Å². The van der Waals surface area contributed by atoms with E-state index in [-0.39, 0.29) is 18.2 Å². The average Bonchev–Trinajstić information content (AvgIpc) is 3.07. The largest absolute Gasteiger partial charge is 0.573 e. The maximum Gasteiger partial charge on any atom is 0.573 e. The van der Waals surface area contributed by atoms with Gasteiger partial charge in [0.05, 0.1) is 0 Å². The number of aliphatic imine (C=N–C) groups is 1. The minimum absolute atomic E-state index is 0.115. The van der Waals surface area contributed by atoms with Gasteiger partial charge in [-0.3, -0.25) is 4.99 Å². The van der Waals surface area contributed by atoms with E-state index >= 15 is 0 Å². The third-order valence-electron chi connectivity index (χ3n) is 3.50. The van der Waals surface area contributed by atoms with E-state index in [9.17, 15) is 13.2 Å². The van der Waals surface area contributed by atoms with Gasteiger partial charge in [-0.15, -0.1) is 13.2 Å². The molecule has 0 radical (unpaired) electrons. The van der Waals surface area contributed by atoms with Crippen molar-refractivity contribution in [3.63, 3.8) is 0 Å². The summed E-state index contributed by atoms with van der Waals surface area (Å²) in [5.74, 6) is 1.52. The van der Waals surface area contributed by atoms with Crippen molar-refractivity contribution in [2.45, 2.75) is 39.1 Å². The van der Waals surface area contributed by atoms with Gasteiger partial charge >= 0.3 is 6.36 Å². The van der Waals surface area contributed by atoms with E-state index in [4.69, 9.17) is 4.52 Å². The second-order valence-electron chi connectivity index (χ2n) is 5.96. The number of halogens is 3. The normalized spacial score (nSPS) is 12.3. The molecule has 1 aromatic heterocycles. The molecule has 1 aromatic carbocycles. The third-order valence-corrected chi connectivity index (χ3v) is 3.50. The fourth-order valence-corrected chi connectivity index (χ4v) is 2.17. The maximum atomic E-state index is 12.5. The van der Waals surface area contributed by atoms with Crippen LogP contribution in [0.25, 0.3) is 0 Å². The van der Waals surface area contributed by atoms with Gasteiger partial charge in [0.25, 0.3) is 0 Å². The Bertz CT molecular complexity index is 759. The molecule has 0 saturated heterocycles. The summed E-state index contributed by atoms with van der Waals surface area (Å²) in [6.45, 7) is 4.53. The van der Waals surface area contributed by atoms with E-state index in [1.54, 1.807) is 19.2 Å². The molecule has 0 saturated carbocycles. The molecule has 0 unspecified atom stereocenters. The van der Waals surface area contributed by atoms with Crippen molar-refractivity contribution in [3.05, 3.63) is 41.5 Å². The lowest BCUT2D eigenvalue weighted by atomic mass is 10.2. The number of guanidine groups is 1. The first-order valence-electron chi connectivity index (χ1n) is 8.39. The van der Waals surface area contributed by atoms with Crippen molar-refractivity contribution in [2.24, 2.45) is 4.99 Å². The van der Waals surface area contributed by atoms with Gasteiger partial charge in [-0.05, 0) is 6.07 Å². The summed E-state index contributed by atoms with van der Waals surface area (Å²) in [5, 5.41) is 9.87. The van der Waals surface area contributed by atoms with Gasteiger partial charge in [-0.1, -0.05) is 37.2 Å². The molecule has 0 amide bonds. The Morgan fingerprint density at radius 1 is 1.26 bits per heavy atom. The number of nitrogens with one attached hydrogen (secondary N) is 2. The van der Waals surface area contributed by atoms with Crippen molar-refractivity contribution < 1.29 is 22.4 Å². The highest BCUT2D eigenvalue weighted by Gasteiger charge is 2.31. The monoisotopic (exact) mass is 385 g/mol. The molecule has 0 atom stereocenters. The molecule has 0 aliphatic carbocycles. The molecule has 2 aromatic rings. The number of hydrogen-bond donors (Lipinski definition) is 2. The van der Waals surface area contributed by atoms with Gasteiger partial charge in [0.2, 0.25) is 5.89 Å². The highest BCUT2D eigenvalue weighted by atomic mass is 19.4. The number of ether oxygens (including phenoxy) is 1. The van der Waals surface area contributed by atoms with Crippen LogP contribution in [-0.4, -0.2) is 36.1 Å². The molecule has 2 N–H and O–H groups in total. The number of alkyl halides is 3.